The molecule has 3 heterocycles. The largest absolute Gasteiger partial charge is 0.455 e. The zero-order chi connectivity index (χ0) is 22.8. The summed E-state index contributed by atoms with van der Waals surface area (Å²) in [5.41, 5.74) is 2.70. The first-order valence-electron chi connectivity index (χ1n) is 9.98. The Morgan fingerprint density at radius 3 is 2.88 bits per heavy atom. The van der Waals surface area contributed by atoms with E-state index in [1.165, 1.54) is 23.9 Å². The van der Waals surface area contributed by atoms with Gasteiger partial charge in [-0.2, -0.15) is 4.98 Å². The number of hydrogen-bond donors (Lipinski definition) is 1. The summed E-state index contributed by atoms with van der Waals surface area (Å²) in [6, 6.07) is 17.4. The maximum absolute atomic E-state index is 11.1. The molecule has 2 aromatic carbocycles. The molecule has 0 radical (unpaired) electrons. The van der Waals surface area contributed by atoms with E-state index in [2.05, 4.69) is 27.1 Å². The van der Waals surface area contributed by atoms with Gasteiger partial charge in [-0.25, -0.2) is 0 Å². The van der Waals surface area contributed by atoms with Crippen molar-refractivity contribution in [3.63, 3.8) is 0 Å². The molecule has 0 bridgehead atoms. The third-order valence-corrected chi connectivity index (χ3v) is 5.72. The van der Waals surface area contributed by atoms with Gasteiger partial charge >= 0.3 is 0 Å². The minimum Gasteiger partial charge on any atom is -0.455 e. The van der Waals surface area contributed by atoms with E-state index in [9.17, 15) is 10.1 Å². The van der Waals surface area contributed by atoms with Crippen molar-refractivity contribution in [3.8, 4) is 28.5 Å². The number of non-ortho nitro benzene ring substituents is 1. The molecule has 164 valence electrons. The predicted molar refractivity (Wildman–Crippen MR) is 124 cm³/mol. The highest BCUT2D eigenvalue weighted by molar-refractivity contribution is 7.99. The van der Waals surface area contributed by atoms with Crippen LogP contribution in [-0.4, -0.2) is 25.9 Å². The van der Waals surface area contributed by atoms with Crippen LogP contribution in [0.5, 0.6) is 5.88 Å². The van der Waals surface area contributed by atoms with Crippen LogP contribution >= 0.6 is 11.8 Å². The number of nitrogens with one attached hydrogen (secondary N) is 1. The number of ether oxygens (including phenoxy) is 1. The molecule has 0 spiro atoms. The lowest BCUT2D eigenvalue weighted by molar-refractivity contribution is -0.384. The minimum absolute atomic E-state index is 0.00975. The van der Waals surface area contributed by atoms with E-state index in [0.717, 1.165) is 11.3 Å². The maximum Gasteiger partial charge on any atom is 0.270 e. The fraction of sp³-hybridized carbons (Fsp3) is 0.0870. The van der Waals surface area contributed by atoms with Crippen LogP contribution < -0.4 is 10.1 Å². The van der Waals surface area contributed by atoms with E-state index in [4.69, 9.17) is 9.15 Å². The van der Waals surface area contributed by atoms with Crippen molar-refractivity contribution in [3.05, 3.63) is 89.2 Å². The molecular weight excluding hydrogens is 442 g/mol. The second-order valence-electron chi connectivity index (χ2n) is 7.05. The van der Waals surface area contributed by atoms with Crippen molar-refractivity contribution >= 4 is 23.1 Å². The van der Waals surface area contributed by atoms with Gasteiger partial charge < -0.3 is 14.5 Å². The predicted octanol–water partition coefficient (Wildman–Crippen LogP) is 5.49. The molecule has 1 atom stereocenters. The second kappa shape index (κ2) is 8.75. The van der Waals surface area contributed by atoms with Gasteiger partial charge in [0.15, 0.2) is 11.5 Å². The Hall–Kier alpha value is -4.18. The van der Waals surface area contributed by atoms with Gasteiger partial charge in [-0.3, -0.25) is 10.1 Å². The molecule has 1 N–H and O–H groups in total. The topological polar surface area (TPSA) is 116 Å². The van der Waals surface area contributed by atoms with Crippen LogP contribution in [0.2, 0.25) is 0 Å². The van der Waals surface area contributed by atoms with E-state index >= 15 is 0 Å². The van der Waals surface area contributed by atoms with Gasteiger partial charge in [0.05, 0.1) is 4.92 Å². The Morgan fingerprint density at radius 1 is 1.15 bits per heavy atom. The number of anilines is 1. The third kappa shape index (κ3) is 4.15. The summed E-state index contributed by atoms with van der Waals surface area (Å²) in [4.78, 5) is 15.2. The quantitative estimate of drug-likeness (QED) is 0.173. The number of nitro benzene ring substituents is 1. The van der Waals surface area contributed by atoms with Crippen LogP contribution in [0.3, 0.4) is 0 Å². The van der Waals surface area contributed by atoms with Crippen LogP contribution in [0.4, 0.5) is 11.4 Å². The highest BCUT2D eigenvalue weighted by Crippen LogP contribution is 2.40. The number of nitro groups is 1. The van der Waals surface area contributed by atoms with E-state index in [-0.39, 0.29) is 5.69 Å². The first-order valence-corrected chi connectivity index (χ1v) is 11.0. The molecule has 0 aliphatic carbocycles. The molecule has 0 saturated heterocycles. The lowest BCUT2D eigenvalue weighted by Crippen LogP contribution is -2.16. The molecule has 1 aliphatic heterocycles. The molecule has 0 fully saturated rings. The van der Waals surface area contributed by atoms with Gasteiger partial charge in [-0.15, -0.1) is 16.8 Å². The van der Waals surface area contributed by atoms with Gasteiger partial charge in [0.25, 0.3) is 5.69 Å². The number of para-hydroxylation sites is 1. The van der Waals surface area contributed by atoms with Gasteiger partial charge in [-0.1, -0.05) is 48.2 Å². The number of furan rings is 1. The summed E-state index contributed by atoms with van der Waals surface area (Å²) in [7, 11) is 0. The Kier molecular flexibility index (Phi) is 5.49. The van der Waals surface area contributed by atoms with E-state index in [1.54, 1.807) is 30.3 Å². The molecular formula is C23H17N5O4S. The summed E-state index contributed by atoms with van der Waals surface area (Å²) >= 11 is 1.40. The molecule has 9 nitrogen and oxygen atoms in total. The summed E-state index contributed by atoms with van der Waals surface area (Å²) in [6.07, 6.45) is 1.06. The van der Waals surface area contributed by atoms with Crippen molar-refractivity contribution in [1.82, 2.24) is 15.2 Å². The SMILES string of the molecule is C=CCSc1nnc2c(n1)O[C@@H](c1ccc(-c3cccc([N+](=O)[O-])c3)o1)Nc1ccccc1-2. The summed E-state index contributed by atoms with van der Waals surface area (Å²) in [6.45, 7) is 3.71. The molecule has 1 aliphatic rings. The first-order chi connectivity index (χ1) is 16.1. The lowest BCUT2D eigenvalue weighted by Gasteiger charge is -2.16. The molecule has 5 rings (SSSR count). The molecule has 33 heavy (non-hydrogen) atoms. The number of fused-ring (bicyclic) bond motifs is 3. The van der Waals surface area contributed by atoms with E-state index < -0.39 is 11.2 Å². The average Bonchev–Trinajstić information content (AvgIpc) is 3.27. The van der Waals surface area contributed by atoms with Crippen LogP contribution in [0.25, 0.3) is 22.6 Å². The molecule has 0 unspecified atom stereocenters. The average molecular weight is 459 g/mol. The van der Waals surface area contributed by atoms with Crippen LogP contribution in [0.15, 0.2) is 82.9 Å². The number of hydrogen-bond acceptors (Lipinski definition) is 9. The highest BCUT2D eigenvalue weighted by Gasteiger charge is 2.28. The number of rotatable bonds is 6. The monoisotopic (exact) mass is 459 g/mol. The van der Waals surface area contributed by atoms with Crippen molar-refractivity contribution in [1.29, 1.82) is 0 Å². The van der Waals surface area contributed by atoms with Gasteiger partial charge in [-0.05, 0) is 18.2 Å². The standard InChI is InChI=1S/C23H17N5O4S/c1-2-12-33-23-25-22-20(26-27-23)16-8-3-4-9-17(16)24-21(32-22)19-11-10-18(31-19)14-6-5-7-15(13-14)28(29)30/h2-11,13,21,24H,1,12H2/t21-/m0/s1. The molecule has 2 aromatic heterocycles. The number of benzene rings is 2. The van der Waals surface area contributed by atoms with Crippen LogP contribution in [-0.2, 0) is 0 Å². The fourth-order valence-corrected chi connectivity index (χ4v) is 3.91. The second-order valence-corrected chi connectivity index (χ2v) is 8.03. The van der Waals surface area contributed by atoms with Crippen molar-refractivity contribution in [2.24, 2.45) is 0 Å². The molecule has 0 amide bonds. The van der Waals surface area contributed by atoms with E-state index in [1.807, 2.05) is 24.3 Å². The summed E-state index contributed by atoms with van der Waals surface area (Å²) in [5, 5.41) is 23.5. The third-order valence-electron chi connectivity index (χ3n) is 4.89. The van der Waals surface area contributed by atoms with Gasteiger partial charge in [0.1, 0.15) is 5.76 Å². The normalized spacial score (nSPS) is 14.2. The first kappa shape index (κ1) is 20.7. The summed E-state index contributed by atoms with van der Waals surface area (Å²) in [5.74, 6) is 1.94. The smallest absolute Gasteiger partial charge is 0.270 e. The van der Waals surface area contributed by atoms with Crippen LogP contribution in [0.1, 0.15) is 12.0 Å². The lowest BCUT2D eigenvalue weighted by atomic mass is 10.1. The zero-order valence-electron chi connectivity index (χ0n) is 17.2. The number of nitrogens with zero attached hydrogens (tertiary/aromatic N) is 4. The van der Waals surface area contributed by atoms with Crippen molar-refractivity contribution in [2.75, 3.05) is 11.1 Å². The minimum atomic E-state index is -0.700. The Morgan fingerprint density at radius 2 is 2.03 bits per heavy atom. The zero-order valence-corrected chi connectivity index (χ0v) is 18.0. The Balaban J connectivity index is 1.52. The summed E-state index contributed by atoms with van der Waals surface area (Å²) < 4.78 is 12.2. The van der Waals surface area contributed by atoms with Crippen molar-refractivity contribution in [2.45, 2.75) is 11.4 Å². The maximum atomic E-state index is 11.1. The van der Waals surface area contributed by atoms with Crippen LogP contribution in [0, 0.1) is 10.1 Å². The number of thioether (sulfide) groups is 1. The Labute approximate surface area is 192 Å². The molecule has 10 heteroatoms. The highest BCUT2D eigenvalue weighted by atomic mass is 32.2. The Bertz CT molecular complexity index is 1360. The van der Waals surface area contributed by atoms with Gasteiger partial charge in [0.2, 0.25) is 17.3 Å². The molecule has 4 aromatic rings. The van der Waals surface area contributed by atoms with E-state index in [0.29, 0.717) is 39.6 Å². The number of aromatic nitrogens is 3. The molecule has 0 saturated carbocycles. The van der Waals surface area contributed by atoms with Crippen molar-refractivity contribution < 1.29 is 14.1 Å². The van der Waals surface area contributed by atoms with Gasteiger partial charge in [0, 0.05) is 34.7 Å². The fourth-order valence-electron chi connectivity index (χ4n) is 3.39.